The molecule has 0 saturated carbocycles. The second-order valence-corrected chi connectivity index (χ2v) is 6.68. The number of carbonyl (C=O) groups excluding carboxylic acids is 2. The maximum atomic E-state index is 12.8. The number of aldehydes is 1. The van der Waals surface area contributed by atoms with E-state index in [4.69, 9.17) is 4.74 Å². The lowest BCUT2D eigenvalue weighted by atomic mass is 9.87. The van der Waals surface area contributed by atoms with Crippen molar-refractivity contribution in [2.75, 3.05) is 0 Å². The number of hydrogen-bond donors (Lipinski definition) is 0. The van der Waals surface area contributed by atoms with Crippen LogP contribution in [-0.4, -0.2) is 12.3 Å². The van der Waals surface area contributed by atoms with Crippen LogP contribution in [0, 0.1) is 5.92 Å². The molecule has 0 bridgehead atoms. The highest BCUT2D eigenvalue weighted by Gasteiger charge is 2.26. The quantitative estimate of drug-likeness (QED) is 0.313. The number of unbranched alkanes of at least 4 members (excludes halogenated alkanes) is 2. The first-order valence-corrected chi connectivity index (χ1v) is 9.45. The molecule has 0 heterocycles. The van der Waals surface area contributed by atoms with Crippen molar-refractivity contribution in [1.82, 2.24) is 0 Å². The number of carbonyl (C=O) groups is 2. The van der Waals surface area contributed by atoms with Crippen LogP contribution in [0.25, 0.3) is 0 Å². The normalized spacial score (nSPS) is 13.0. The fourth-order valence-corrected chi connectivity index (χ4v) is 3.08. The molecule has 2 aromatic rings. The van der Waals surface area contributed by atoms with Crippen molar-refractivity contribution >= 4 is 12.3 Å². The Bertz CT molecular complexity index is 652. The summed E-state index contributed by atoms with van der Waals surface area (Å²) in [5.74, 6) is -0.782. The number of hydrogen-bond acceptors (Lipinski definition) is 3. The Morgan fingerprint density at radius 2 is 1.65 bits per heavy atom. The Morgan fingerprint density at radius 3 is 2.27 bits per heavy atom. The van der Waals surface area contributed by atoms with Crippen molar-refractivity contribution in [2.24, 2.45) is 5.92 Å². The molecule has 2 unspecified atom stereocenters. The van der Waals surface area contributed by atoms with Crippen LogP contribution in [0.2, 0.25) is 0 Å². The molecule has 26 heavy (non-hydrogen) atoms. The van der Waals surface area contributed by atoms with Crippen molar-refractivity contribution in [3.8, 4) is 0 Å². The van der Waals surface area contributed by atoms with Crippen molar-refractivity contribution < 1.29 is 14.3 Å². The van der Waals surface area contributed by atoms with Gasteiger partial charge in [-0.3, -0.25) is 4.79 Å². The minimum absolute atomic E-state index is 0.115. The fraction of sp³-hybridized carbons (Fsp3) is 0.391. The van der Waals surface area contributed by atoms with Gasteiger partial charge in [0.25, 0.3) is 0 Å². The van der Waals surface area contributed by atoms with E-state index in [1.807, 2.05) is 60.7 Å². The van der Waals surface area contributed by atoms with E-state index in [1.165, 1.54) is 0 Å². The lowest BCUT2D eigenvalue weighted by molar-refractivity contribution is -0.147. The summed E-state index contributed by atoms with van der Waals surface area (Å²) in [6, 6.07) is 19.3. The van der Waals surface area contributed by atoms with Gasteiger partial charge in [0.1, 0.15) is 12.9 Å². The highest BCUT2D eigenvalue weighted by molar-refractivity contribution is 5.78. The van der Waals surface area contributed by atoms with Gasteiger partial charge in [0.05, 0.1) is 5.92 Å². The smallest absolute Gasteiger partial charge is 0.313 e. The second-order valence-electron chi connectivity index (χ2n) is 6.68. The summed E-state index contributed by atoms with van der Waals surface area (Å²) in [6.07, 6.45) is 5.57. The summed E-state index contributed by atoms with van der Waals surface area (Å²) >= 11 is 0. The standard InChI is InChI=1S/C23H28O3/c1-2-3-6-13-20(17-24)16-22(21-14-9-5-10-15-21)23(25)26-18-19-11-7-4-8-12-19/h4-5,7-12,14-15,17,20,22H,2-3,6,13,16,18H2,1H3. The molecule has 0 aliphatic heterocycles. The molecule has 0 aliphatic rings. The topological polar surface area (TPSA) is 43.4 Å². The van der Waals surface area contributed by atoms with Gasteiger partial charge in [0.15, 0.2) is 0 Å². The van der Waals surface area contributed by atoms with E-state index in [0.29, 0.717) is 6.42 Å². The molecule has 2 rings (SSSR count). The molecule has 0 N–H and O–H groups in total. The Kier molecular flexibility index (Phi) is 8.61. The molecule has 138 valence electrons. The molecule has 3 nitrogen and oxygen atoms in total. The molecule has 2 aromatic carbocycles. The Labute approximate surface area is 156 Å². The van der Waals surface area contributed by atoms with E-state index in [-0.39, 0.29) is 18.5 Å². The second kappa shape index (κ2) is 11.2. The molecular formula is C23H28O3. The van der Waals surface area contributed by atoms with Gasteiger partial charge in [-0.15, -0.1) is 0 Å². The summed E-state index contributed by atoms with van der Waals surface area (Å²) in [5, 5.41) is 0. The minimum atomic E-state index is -0.406. The third-order valence-corrected chi connectivity index (χ3v) is 4.62. The van der Waals surface area contributed by atoms with Crippen molar-refractivity contribution in [3.05, 3.63) is 71.8 Å². The van der Waals surface area contributed by atoms with Crippen LogP contribution >= 0.6 is 0 Å². The van der Waals surface area contributed by atoms with Crippen molar-refractivity contribution in [2.45, 2.75) is 51.6 Å². The molecular weight excluding hydrogens is 324 g/mol. The highest BCUT2D eigenvalue weighted by Crippen LogP contribution is 2.27. The molecule has 0 spiro atoms. The molecule has 3 heteroatoms. The van der Waals surface area contributed by atoms with E-state index >= 15 is 0 Å². The van der Waals surface area contributed by atoms with Crippen molar-refractivity contribution in [3.63, 3.8) is 0 Å². The monoisotopic (exact) mass is 352 g/mol. The molecule has 0 amide bonds. The van der Waals surface area contributed by atoms with E-state index in [1.54, 1.807) is 0 Å². The Morgan fingerprint density at radius 1 is 1.00 bits per heavy atom. The van der Waals surface area contributed by atoms with Gasteiger partial charge in [-0.2, -0.15) is 0 Å². The average molecular weight is 352 g/mol. The summed E-state index contributed by atoms with van der Waals surface area (Å²) in [5.41, 5.74) is 1.87. The maximum absolute atomic E-state index is 12.8. The number of ether oxygens (including phenoxy) is 1. The SMILES string of the molecule is CCCCCC(C=O)CC(C(=O)OCc1ccccc1)c1ccccc1. The van der Waals surface area contributed by atoms with Crippen LogP contribution in [0.3, 0.4) is 0 Å². The fourth-order valence-electron chi connectivity index (χ4n) is 3.08. The van der Waals surface area contributed by atoms with Gasteiger partial charge in [0, 0.05) is 5.92 Å². The van der Waals surface area contributed by atoms with E-state index in [0.717, 1.165) is 43.1 Å². The molecule has 0 aromatic heterocycles. The van der Waals surface area contributed by atoms with Crippen LogP contribution < -0.4 is 0 Å². The third kappa shape index (κ3) is 6.47. The predicted octanol–water partition coefficient (Wildman–Crippen LogP) is 5.30. The first-order valence-electron chi connectivity index (χ1n) is 9.45. The third-order valence-electron chi connectivity index (χ3n) is 4.62. The van der Waals surface area contributed by atoms with Gasteiger partial charge >= 0.3 is 5.97 Å². The number of benzene rings is 2. The lowest BCUT2D eigenvalue weighted by Crippen LogP contribution is -2.20. The zero-order chi connectivity index (χ0) is 18.6. The molecule has 0 aliphatic carbocycles. The van der Waals surface area contributed by atoms with Gasteiger partial charge in [-0.25, -0.2) is 0 Å². The van der Waals surface area contributed by atoms with Crippen molar-refractivity contribution in [1.29, 1.82) is 0 Å². The summed E-state index contributed by atoms with van der Waals surface area (Å²) in [4.78, 5) is 24.3. The van der Waals surface area contributed by atoms with E-state index in [2.05, 4.69) is 6.92 Å². The van der Waals surface area contributed by atoms with Crippen LogP contribution in [0.5, 0.6) is 0 Å². The number of rotatable bonds is 11. The minimum Gasteiger partial charge on any atom is -0.460 e. The summed E-state index contributed by atoms with van der Waals surface area (Å²) < 4.78 is 5.56. The first-order chi connectivity index (χ1) is 12.7. The Balaban J connectivity index is 2.05. The lowest BCUT2D eigenvalue weighted by Gasteiger charge is -2.20. The van der Waals surface area contributed by atoms with Gasteiger partial charge in [-0.05, 0) is 24.0 Å². The Hall–Kier alpha value is -2.42. The predicted molar refractivity (Wildman–Crippen MR) is 104 cm³/mol. The summed E-state index contributed by atoms with van der Waals surface area (Å²) in [7, 11) is 0. The van der Waals surface area contributed by atoms with Gasteiger partial charge < -0.3 is 9.53 Å². The zero-order valence-corrected chi connectivity index (χ0v) is 15.5. The largest absolute Gasteiger partial charge is 0.460 e. The molecule has 0 fully saturated rings. The van der Waals surface area contributed by atoms with E-state index in [9.17, 15) is 9.59 Å². The van der Waals surface area contributed by atoms with Gasteiger partial charge in [-0.1, -0.05) is 86.8 Å². The zero-order valence-electron chi connectivity index (χ0n) is 15.5. The van der Waals surface area contributed by atoms with Crippen LogP contribution in [0.15, 0.2) is 60.7 Å². The first kappa shape index (κ1) is 19.9. The van der Waals surface area contributed by atoms with Crippen LogP contribution in [0.1, 0.15) is 56.1 Å². The van der Waals surface area contributed by atoms with E-state index < -0.39 is 5.92 Å². The number of esters is 1. The maximum Gasteiger partial charge on any atom is 0.313 e. The summed E-state index contributed by atoms with van der Waals surface area (Å²) in [6.45, 7) is 2.40. The molecule has 0 radical (unpaired) electrons. The molecule has 2 atom stereocenters. The van der Waals surface area contributed by atoms with Crippen LogP contribution in [-0.2, 0) is 20.9 Å². The average Bonchev–Trinajstić information content (AvgIpc) is 2.70. The van der Waals surface area contributed by atoms with Gasteiger partial charge in [0.2, 0.25) is 0 Å². The van der Waals surface area contributed by atoms with Crippen LogP contribution in [0.4, 0.5) is 0 Å². The highest BCUT2D eigenvalue weighted by atomic mass is 16.5. The molecule has 0 saturated heterocycles.